The fourth-order valence-electron chi connectivity index (χ4n) is 5.11. The summed E-state index contributed by atoms with van der Waals surface area (Å²) in [4.78, 5) is 23.1. The van der Waals surface area contributed by atoms with E-state index in [2.05, 4.69) is 10.1 Å². The van der Waals surface area contributed by atoms with E-state index in [1.54, 1.807) is 25.1 Å². The largest absolute Gasteiger partial charge is 0.390 e. The highest BCUT2D eigenvalue weighted by Crippen LogP contribution is 2.38. The number of hydrogen-bond donors (Lipinski definition) is 1. The van der Waals surface area contributed by atoms with Crippen molar-refractivity contribution >= 4 is 45.7 Å². The molecular weight excluding hydrogens is 511 g/mol. The van der Waals surface area contributed by atoms with Gasteiger partial charge in [0.15, 0.2) is 0 Å². The topological polar surface area (TPSA) is 88.6 Å². The van der Waals surface area contributed by atoms with E-state index in [0.29, 0.717) is 32.6 Å². The van der Waals surface area contributed by atoms with Gasteiger partial charge in [0.05, 0.1) is 45.8 Å². The number of halogens is 2. The number of likely N-dealkylation sites (tertiary alicyclic amines) is 1. The molecule has 5 aromatic rings. The van der Waals surface area contributed by atoms with Crippen LogP contribution in [-0.4, -0.2) is 53.2 Å². The first-order valence-corrected chi connectivity index (χ1v) is 12.8. The molecule has 1 amide bonds. The molecule has 1 aliphatic heterocycles. The number of carbonyl (C=O) groups excluding carboxylic acids is 1. The molecule has 0 spiro atoms. The van der Waals surface area contributed by atoms with Crippen molar-refractivity contribution in [3.63, 3.8) is 0 Å². The summed E-state index contributed by atoms with van der Waals surface area (Å²) < 4.78 is 3.85. The van der Waals surface area contributed by atoms with Crippen molar-refractivity contribution in [2.45, 2.75) is 32.4 Å². The molecule has 1 aromatic carbocycles. The second kappa shape index (κ2) is 9.45. The quantitative estimate of drug-likeness (QED) is 0.333. The van der Waals surface area contributed by atoms with Gasteiger partial charge in [-0.25, -0.2) is 4.98 Å². The second-order valence-corrected chi connectivity index (χ2v) is 10.1. The van der Waals surface area contributed by atoms with Crippen LogP contribution in [0.4, 0.5) is 0 Å². The van der Waals surface area contributed by atoms with Crippen molar-refractivity contribution in [3.05, 3.63) is 70.9 Å². The van der Waals surface area contributed by atoms with Gasteiger partial charge < -0.3 is 14.4 Å². The second-order valence-electron chi connectivity index (χ2n) is 9.27. The molecule has 4 aromatic heterocycles. The number of hydrogen-bond acceptors (Lipinski definition) is 5. The molecule has 5 heterocycles. The summed E-state index contributed by atoms with van der Waals surface area (Å²) in [5.74, 6) is 0.122. The molecule has 188 valence electrons. The van der Waals surface area contributed by atoms with Crippen LogP contribution in [0.3, 0.4) is 0 Å². The van der Waals surface area contributed by atoms with E-state index >= 15 is 0 Å². The number of aliphatic hydroxyl groups excluding tert-OH is 1. The van der Waals surface area contributed by atoms with E-state index in [9.17, 15) is 9.90 Å². The molecule has 8 nitrogen and oxygen atoms in total. The molecular formula is C27H24Cl2N6O2. The SMILES string of the molecule is CC(=O)N1CCC(n2cc(-c3cnc4ccn5c(CO)c(-c6c(Cl)cccc6Cl)nc5c4c3)cn2)CC1. The average molecular weight is 535 g/mol. The Balaban J connectivity index is 1.41. The number of benzene rings is 1. The fourth-order valence-corrected chi connectivity index (χ4v) is 5.69. The third-order valence-electron chi connectivity index (χ3n) is 7.12. The van der Waals surface area contributed by atoms with E-state index in [0.717, 1.165) is 48.0 Å². The highest BCUT2D eigenvalue weighted by atomic mass is 35.5. The maximum Gasteiger partial charge on any atom is 0.219 e. The van der Waals surface area contributed by atoms with Gasteiger partial charge in [0.25, 0.3) is 0 Å². The van der Waals surface area contributed by atoms with Crippen molar-refractivity contribution in [2.24, 2.45) is 0 Å². The predicted octanol–water partition coefficient (Wildman–Crippen LogP) is 5.40. The maximum absolute atomic E-state index is 11.6. The first-order chi connectivity index (χ1) is 17.9. The lowest BCUT2D eigenvalue weighted by Gasteiger charge is -2.31. The first kappa shape index (κ1) is 23.9. The Kier molecular flexibility index (Phi) is 6.10. The smallest absolute Gasteiger partial charge is 0.219 e. The minimum absolute atomic E-state index is 0.122. The van der Waals surface area contributed by atoms with Crippen LogP contribution in [0.1, 0.15) is 31.5 Å². The van der Waals surface area contributed by atoms with E-state index in [1.165, 1.54) is 0 Å². The zero-order chi connectivity index (χ0) is 25.7. The first-order valence-electron chi connectivity index (χ1n) is 12.1. The Morgan fingerprint density at radius 3 is 2.57 bits per heavy atom. The Morgan fingerprint density at radius 1 is 1.11 bits per heavy atom. The summed E-state index contributed by atoms with van der Waals surface area (Å²) in [6.07, 6.45) is 9.32. The van der Waals surface area contributed by atoms with Crippen LogP contribution < -0.4 is 0 Å². The molecule has 6 rings (SSSR count). The highest BCUT2D eigenvalue weighted by Gasteiger charge is 2.23. The van der Waals surface area contributed by atoms with Gasteiger partial charge in [0, 0.05) is 60.7 Å². The lowest BCUT2D eigenvalue weighted by atomic mass is 10.1. The predicted molar refractivity (Wildman–Crippen MR) is 144 cm³/mol. The molecule has 1 aliphatic rings. The average Bonchev–Trinajstić information content (AvgIpc) is 3.54. The summed E-state index contributed by atoms with van der Waals surface area (Å²) in [6, 6.07) is 9.49. The minimum Gasteiger partial charge on any atom is -0.390 e. The van der Waals surface area contributed by atoms with Crippen LogP contribution in [0.5, 0.6) is 0 Å². The number of aliphatic hydroxyl groups is 1. The number of carbonyl (C=O) groups is 1. The Morgan fingerprint density at radius 2 is 1.86 bits per heavy atom. The van der Waals surface area contributed by atoms with Gasteiger partial charge in [-0.05, 0) is 37.1 Å². The normalized spacial score (nSPS) is 14.6. The molecule has 0 saturated carbocycles. The summed E-state index contributed by atoms with van der Waals surface area (Å²) in [7, 11) is 0. The van der Waals surface area contributed by atoms with Crippen LogP contribution in [-0.2, 0) is 11.4 Å². The molecule has 1 saturated heterocycles. The van der Waals surface area contributed by atoms with Crippen molar-refractivity contribution in [1.82, 2.24) is 29.0 Å². The summed E-state index contributed by atoms with van der Waals surface area (Å²) >= 11 is 13.0. The lowest BCUT2D eigenvalue weighted by Crippen LogP contribution is -2.37. The molecule has 0 unspecified atom stereocenters. The molecule has 1 fully saturated rings. The summed E-state index contributed by atoms with van der Waals surface area (Å²) in [6.45, 7) is 2.88. The molecule has 0 radical (unpaired) electrons. The van der Waals surface area contributed by atoms with Gasteiger partial charge in [0.2, 0.25) is 5.91 Å². The van der Waals surface area contributed by atoms with Gasteiger partial charge in [-0.3, -0.25) is 14.5 Å². The zero-order valence-electron chi connectivity index (χ0n) is 20.1. The van der Waals surface area contributed by atoms with Crippen LogP contribution in [0.2, 0.25) is 10.0 Å². The monoisotopic (exact) mass is 534 g/mol. The molecule has 37 heavy (non-hydrogen) atoms. The Bertz CT molecular complexity index is 1630. The molecule has 0 aliphatic carbocycles. The summed E-state index contributed by atoms with van der Waals surface area (Å²) in [5.41, 5.74) is 5.04. The Hall–Kier alpha value is -3.46. The molecule has 1 N–H and O–H groups in total. The number of imidazole rings is 1. The highest BCUT2D eigenvalue weighted by molar-refractivity contribution is 6.39. The van der Waals surface area contributed by atoms with E-state index in [-0.39, 0.29) is 18.6 Å². The number of nitrogens with zero attached hydrogens (tertiary/aromatic N) is 6. The van der Waals surface area contributed by atoms with Gasteiger partial charge in [-0.1, -0.05) is 29.3 Å². The number of aromatic nitrogens is 5. The van der Waals surface area contributed by atoms with Crippen LogP contribution >= 0.6 is 23.2 Å². The van der Waals surface area contributed by atoms with Crippen molar-refractivity contribution in [1.29, 1.82) is 0 Å². The fraction of sp³-hybridized carbons (Fsp3) is 0.259. The van der Waals surface area contributed by atoms with Crippen molar-refractivity contribution in [2.75, 3.05) is 13.1 Å². The summed E-state index contributed by atoms with van der Waals surface area (Å²) in [5, 5.41) is 16.6. The minimum atomic E-state index is -0.230. The van der Waals surface area contributed by atoms with Gasteiger partial charge >= 0.3 is 0 Å². The van der Waals surface area contributed by atoms with Gasteiger partial charge in [-0.15, -0.1) is 0 Å². The third-order valence-corrected chi connectivity index (χ3v) is 7.75. The van der Waals surface area contributed by atoms with Crippen molar-refractivity contribution in [3.8, 4) is 22.4 Å². The molecule has 0 atom stereocenters. The van der Waals surface area contributed by atoms with Gasteiger partial charge in [0.1, 0.15) is 5.65 Å². The van der Waals surface area contributed by atoms with Gasteiger partial charge in [-0.2, -0.15) is 5.10 Å². The maximum atomic E-state index is 11.6. The number of rotatable bonds is 4. The molecule has 10 heteroatoms. The Labute approximate surface area is 223 Å². The number of amides is 1. The molecule has 0 bridgehead atoms. The number of fused-ring (bicyclic) bond motifs is 3. The number of pyridine rings is 2. The standard InChI is InChI=1S/C27H24Cl2N6O2/c1-16(37)33-8-5-19(6-9-33)35-14-18(13-31-35)17-11-20-23(30-12-17)7-10-34-24(15-36)26(32-27(20)34)25-21(28)3-2-4-22(25)29/h2-4,7,10-14,19,36H,5-6,8-9,15H2,1H3. The third kappa shape index (κ3) is 4.15. The van der Waals surface area contributed by atoms with E-state index in [1.807, 2.05) is 50.9 Å². The van der Waals surface area contributed by atoms with Crippen LogP contribution in [0.25, 0.3) is 38.9 Å². The van der Waals surface area contributed by atoms with Crippen LogP contribution in [0, 0.1) is 0 Å². The lowest BCUT2D eigenvalue weighted by molar-refractivity contribution is -0.130. The number of piperidine rings is 1. The van der Waals surface area contributed by atoms with E-state index < -0.39 is 0 Å². The zero-order valence-corrected chi connectivity index (χ0v) is 21.6. The van der Waals surface area contributed by atoms with E-state index in [4.69, 9.17) is 28.2 Å². The van der Waals surface area contributed by atoms with Crippen LogP contribution in [0.15, 0.2) is 55.1 Å². The van der Waals surface area contributed by atoms with Crippen molar-refractivity contribution < 1.29 is 9.90 Å².